The van der Waals surface area contributed by atoms with Crippen LogP contribution in [0.25, 0.3) is 98.4 Å². The van der Waals surface area contributed by atoms with E-state index in [1.165, 1.54) is 22.3 Å². The van der Waals surface area contributed by atoms with Gasteiger partial charge in [0.2, 0.25) is 0 Å². The second-order valence-electron chi connectivity index (χ2n) is 15.5. The molecule has 9 aromatic carbocycles. The maximum absolute atomic E-state index is 6.97. The van der Waals surface area contributed by atoms with Crippen LogP contribution in [0, 0.1) is 0 Å². The van der Waals surface area contributed by atoms with Crippen LogP contribution in [-0.4, -0.2) is 54.9 Å². The molecule has 55 heavy (non-hydrogen) atoms. The Hall–Kier alpha value is -5.47. The molecule has 0 N–H and O–H groups in total. The van der Waals surface area contributed by atoms with E-state index in [0.717, 1.165) is 70.9 Å². The Kier molecular flexibility index (Phi) is 6.63. The predicted molar refractivity (Wildman–Crippen MR) is 241 cm³/mol. The molecule has 0 atom stereocenters. The lowest BCUT2D eigenvalue weighted by atomic mass is 9.58. The van der Waals surface area contributed by atoms with Crippen LogP contribution in [0.5, 0.6) is 0 Å². The summed E-state index contributed by atoms with van der Waals surface area (Å²) in [6.45, 7) is 4.62. The largest absolute Gasteiger partial charge is 0.456 e. The van der Waals surface area contributed by atoms with Gasteiger partial charge in [0.15, 0.2) is 0 Å². The zero-order valence-corrected chi connectivity index (χ0v) is 30.3. The fourth-order valence-electron chi connectivity index (χ4n) is 9.72. The SMILES string of the molecule is [B]c1c([B])c([B])c2c([B])c(-c3ccc4ccc5c(-c6cccc7oc8cc9c(cc8c67)C(C)(C)c6ccccc6-9)ccc6ccc3c4c65)c([B])c([B])c2c1[B]. The van der Waals surface area contributed by atoms with E-state index in [1.807, 2.05) is 6.07 Å². The number of benzene rings is 9. The molecule has 0 amide bonds. The standard InChI is InChI=1S/C47H23B7O/c1-47(2)30-8-4-3-6-23(30)28-19-33-29(18-31(28)47)36-24(7-5-9-32(36)55-33)22-14-10-20-12-16-26-27(17-13-21-11-15-25(22)34(20)35(21)26)37-40(48)38-39(42(50)41(37)49)44(52)46(54)45(53)43(38)51/h3-19H,1-2H3. The van der Waals surface area contributed by atoms with Crippen molar-refractivity contribution >= 4 is 158 Å². The minimum atomic E-state index is -0.135. The Morgan fingerprint density at radius 2 is 0.964 bits per heavy atom. The second-order valence-corrected chi connectivity index (χ2v) is 15.5. The molecule has 8 heteroatoms. The summed E-state index contributed by atoms with van der Waals surface area (Å²) in [6, 6.07) is 36.9. The lowest BCUT2D eigenvalue weighted by Gasteiger charge is -2.26. The molecule has 238 valence electrons. The maximum atomic E-state index is 6.97. The molecule has 11 rings (SSSR count). The number of hydrogen-bond donors (Lipinski definition) is 0. The van der Waals surface area contributed by atoms with Gasteiger partial charge in [-0.3, -0.25) is 0 Å². The van der Waals surface area contributed by atoms with Gasteiger partial charge in [0, 0.05) is 16.2 Å². The zero-order chi connectivity index (χ0) is 37.8. The van der Waals surface area contributed by atoms with E-state index in [4.69, 9.17) is 59.3 Å². The average Bonchev–Trinajstić information content (AvgIpc) is 3.67. The first-order valence-corrected chi connectivity index (χ1v) is 18.3. The zero-order valence-electron chi connectivity index (χ0n) is 30.3. The molecule has 1 aliphatic rings. The van der Waals surface area contributed by atoms with Crippen molar-refractivity contribution in [3.05, 3.63) is 114 Å². The minimum Gasteiger partial charge on any atom is -0.456 e. The van der Waals surface area contributed by atoms with Crippen molar-refractivity contribution in [2.24, 2.45) is 0 Å². The highest BCUT2D eigenvalue weighted by Gasteiger charge is 2.36. The first-order valence-electron chi connectivity index (χ1n) is 18.3. The first kappa shape index (κ1) is 32.9. The minimum absolute atomic E-state index is 0.135. The van der Waals surface area contributed by atoms with Gasteiger partial charge >= 0.3 is 0 Å². The summed E-state index contributed by atoms with van der Waals surface area (Å²) < 4.78 is 6.64. The van der Waals surface area contributed by atoms with Crippen molar-refractivity contribution in [2.45, 2.75) is 19.3 Å². The third kappa shape index (κ3) is 4.13. The molecule has 0 spiro atoms. The van der Waals surface area contributed by atoms with E-state index in [2.05, 4.69) is 111 Å². The molecule has 1 heterocycles. The Bertz CT molecular complexity index is 3380. The lowest BCUT2D eigenvalue weighted by Crippen LogP contribution is -2.52. The average molecular weight is 679 g/mol. The van der Waals surface area contributed by atoms with Crippen molar-refractivity contribution in [3.63, 3.8) is 0 Å². The summed E-state index contributed by atoms with van der Waals surface area (Å²) in [4.78, 5) is 0. The fourth-order valence-corrected chi connectivity index (χ4v) is 9.72. The molecule has 10 aromatic rings. The van der Waals surface area contributed by atoms with Crippen LogP contribution < -0.4 is 38.2 Å². The highest BCUT2D eigenvalue weighted by Crippen LogP contribution is 2.52. The van der Waals surface area contributed by atoms with Gasteiger partial charge in [-0.15, -0.1) is 10.9 Å². The Morgan fingerprint density at radius 1 is 0.382 bits per heavy atom. The third-order valence-corrected chi connectivity index (χ3v) is 12.4. The van der Waals surface area contributed by atoms with Gasteiger partial charge in [0.05, 0.1) is 0 Å². The Labute approximate surface area is 328 Å². The number of fused-ring (bicyclic) bond motifs is 7. The summed E-state index contributed by atoms with van der Waals surface area (Å²) in [5.74, 6) is 0. The van der Waals surface area contributed by atoms with Crippen LogP contribution in [0.1, 0.15) is 25.0 Å². The highest BCUT2D eigenvalue weighted by atomic mass is 16.3. The smallest absolute Gasteiger partial charge is 0.136 e. The van der Waals surface area contributed by atoms with E-state index in [9.17, 15) is 0 Å². The number of rotatable bonds is 2. The van der Waals surface area contributed by atoms with Crippen LogP contribution >= 0.6 is 0 Å². The van der Waals surface area contributed by atoms with Gasteiger partial charge in [-0.05, 0) is 106 Å². The quantitative estimate of drug-likeness (QED) is 0.189. The van der Waals surface area contributed by atoms with Crippen LogP contribution in [0.3, 0.4) is 0 Å². The van der Waals surface area contributed by atoms with Crippen LogP contribution in [0.4, 0.5) is 0 Å². The summed E-state index contributed by atoms with van der Waals surface area (Å²) >= 11 is 0. The molecule has 0 aliphatic heterocycles. The molecular weight excluding hydrogens is 656 g/mol. The van der Waals surface area contributed by atoms with Crippen molar-refractivity contribution < 1.29 is 4.42 Å². The molecule has 0 fully saturated rings. The van der Waals surface area contributed by atoms with Crippen molar-refractivity contribution in [2.75, 3.05) is 0 Å². The molecular formula is C47H23B7O. The molecule has 1 aromatic heterocycles. The molecule has 0 saturated heterocycles. The molecule has 14 radical (unpaired) electrons. The van der Waals surface area contributed by atoms with Gasteiger partial charge in [0.1, 0.15) is 66.1 Å². The molecule has 0 saturated carbocycles. The van der Waals surface area contributed by atoms with Gasteiger partial charge in [-0.2, -0.15) is 0 Å². The second kappa shape index (κ2) is 11.1. The van der Waals surface area contributed by atoms with Gasteiger partial charge in [-0.1, -0.05) is 126 Å². The number of furan rings is 1. The van der Waals surface area contributed by atoms with Crippen LogP contribution in [0.15, 0.2) is 108 Å². The Morgan fingerprint density at radius 3 is 1.67 bits per heavy atom. The molecule has 0 unspecified atom stereocenters. The molecule has 1 nitrogen and oxygen atoms in total. The third-order valence-electron chi connectivity index (χ3n) is 12.4. The van der Waals surface area contributed by atoms with Crippen molar-refractivity contribution in [3.8, 4) is 33.4 Å². The van der Waals surface area contributed by atoms with Gasteiger partial charge < -0.3 is 4.42 Å². The Balaban J connectivity index is 1.18. The summed E-state index contributed by atoms with van der Waals surface area (Å²) in [5.41, 5.74) is 12.0. The van der Waals surface area contributed by atoms with E-state index >= 15 is 0 Å². The van der Waals surface area contributed by atoms with E-state index in [-0.39, 0.29) is 32.7 Å². The van der Waals surface area contributed by atoms with Gasteiger partial charge in [0.25, 0.3) is 0 Å². The summed E-state index contributed by atoms with van der Waals surface area (Å²) in [6.07, 6.45) is 0. The monoisotopic (exact) mass is 680 g/mol. The first-order chi connectivity index (χ1) is 26.5. The number of hydrogen-bond acceptors (Lipinski definition) is 1. The normalized spacial score (nSPS) is 13.6. The lowest BCUT2D eigenvalue weighted by molar-refractivity contribution is 0.658. The topological polar surface area (TPSA) is 13.1 Å². The predicted octanol–water partition coefficient (Wildman–Crippen LogP) is 4.83. The van der Waals surface area contributed by atoms with E-state index in [1.54, 1.807) is 0 Å². The highest BCUT2D eigenvalue weighted by molar-refractivity contribution is 6.72. The van der Waals surface area contributed by atoms with Crippen LogP contribution in [0.2, 0.25) is 0 Å². The molecule has 0 bridgehead atoms. The summed E-state index contributed by atoms with van der Waals surface area (Å²) in [7, 11) is 46.0. The molecule has 1 aliphatic carbocycles. The summed E-state index contributed by atoms with van der Waals surface area (Å²) in [5, 5.41) is 9.61. The van der Waals surface area contributed by atoms with Crippen LogP contribution in [-0.2, 0) is 5.41 Å². The maximum Gasteiger partial charge on any atom is 0.136 e. The fraction of sp³-hybridized carbons (Fsp3) is 0.0638. The van der Waals surface area contributed by atoms with Crippen molar-refractivity contribution in [1.82, 2.24) is 0 Å². The van der Waals surface area contributed by atoms with Crippen molar-refractivity contribution in [1.29, 1.82) is 0 Å². The van der Waals surface area contributed by atoms with E-state index < -0.39 is 0 Å². The van der Waals surface area contributed by atoms with E-state index in [0.29, 0.717) is 27.3 Å². The van der Waals surface area contributed by atoms with Gasteiger partial charge in [-0.25, -0.2) is 0 Å².